The van der Waals surface area contributed by atoms with Gasteiger partial charge in [0.15, 0.2) is 20.7 Å². The Kier molecular flexibility index (Phi) is 7.56. The third kappa shape index (κ3) is 5.97. The summed E-state index contributed by atoms with van der Waals surface area (Å²) in [6, 6.07) is 16.2. The van der Waals surface area contributed by atoms with E-state index in [2.05, 4.69) is 20.2 Å². The number of aromatic nitrogens is 4. The predicted octanol–water partition coefficient (Wildman–Crippen LogP) is 5.08. The summed E-state index contributed by atoms with van der Waals surface area (Å²) in [5.74, 6) is 0.227. The van der Waals surface area contributed by atoms with E-state index in [1.165, 1.54) is 16.2 Å². The lowest BCUT2D eigenvalue weighted by molar-refractivity contribution is 0.0219. The van der Waals surface area contributed by atoms with Gasteiger partial charge in [0, 0.05) is 24.2 Å². The van der Waals surface area contributed by atoms with E-state index in [1.54, 1.807) is 51.2 Å². The Morgan fingerprint density at radius 2 is 1.73 bits per heavy atom. The van der Waals surface area contributed by atoms with Crippen LogP contribution in [0.4, 0.5) is 10.6 Å². The van der Waals surface area contributed by atoms with E-state index >= 15 is 0 Å². The first-order chi connectivity index (χ1) is 19.0. The molecule has 1 amide bonds. The van der Waals surface area contributed by atoms with Crippen LogP contribution in [-0.2, 0) is 14.6 Å². The topological polar surface area (TPSA) is 141 Å². The smallest absolute Gasteiger partial charge is 0.410 e. The van der Waals surface area contributed by atoms with Gasteiger partial charge >= 0.3 is 6.09 Å². The van der Waals surface area contributed by atoms with E-state index in [-0.39, 0.29) is 17.3 Å². The Labute approximate surface area is 237 Å². The second-order valence-corrected chi connectivity index (χ2v) is 13.7. The minimum atomic E-state index is -3.67. The van der Waals surface area contributed by atoms with Gasteiger partial charge in [-0.15, -0.1) is 10.2 Å². The molecule has 12 heteroatoms. The molecule has 0 aliphatic carbocycles. The molecule has 10 nitrogen and oxygen atoms in total. The Hall–Kier alpha value is -3.90. The molecule has 1 saturated heterocycles. The maximum Gasteiger partial charge on any atom is 0.410 e. The Morgan fingerprint density at radius 3 is 2.42 bits per heavy atom. The maximum absolute atomic E-state index is 13.5. The number of amides is 1. The Balaban J connectivity index is 1.35. The first-order valence-corrected chi connectivity index (χ1v) is 15.2. The summed E-state index contributed by atoms with van der Waals surface area (Å²) in [6.07, 6.45) is 2.11. The van der Waals surface area contributed by atoms with Crippen LogP contribution in [0.25, 0.3) is 32.5 Å². The molecule has 5 rings (SSSR count). The van der Waals surface area contributed by atoms with E-state index in [9.17, 15) is 13.2 Å². The summed E-state index contributed by atoms with van der Waals surface area (Å²) in [5, 5.41) is 9.10. The first-order valence-electron chi connectivity index (χ1n) is 12.9. The molecule has 3 heterocycles. The lowest BCUT2D eigenvalue weighted by atomic mass is 10.1. The summed E-state index contributed by atoms with van der Waals surface area (Å²) >= 11 is 1.36. The van der Waals surface area contributed by atoms with E-state index in [1.807, 2.05) is 30.3 Å². The average molecular weight is 579 g/mol. The van der Waals surface area contributed by atoms with Gasteiger partial charge in [-0.2, -0.15) is 0 Å². The second-order valence-electron chi connectivity index (χ2n) is 10.5. The van der Waals surface area contributed by atoms with Crippen molar-refractivity contribution in [1.82, 2.24) is 25.1 Å². The molecule has 1 aliphatic heterocycles. The Morgan fingerprint density at radius 1 is 1.02 bits per heavy atom. The number of likely N-dealkylation sites (tertiary alicyclic amines) is 1. The van der Waals surface area contributed by atoms with Crippen molar-refractivity contribution in [3.05, 3.63) is 60.8 Å². The fourth-order valence-corrected chi connectivity index (χ4v) is 7.00. The van der Waals surface area contributed by atoms with Crippen LogP contribution in [0.2, 0.25) is 0 Å². The zero-order valence-corrected chi connectivity index (χ0v) is 24.1. The maximum atomic E-state index is 13.5. The molecule has 0 radical (unpaired) electrons. The number of benzene rings is 2. The number of nitrogens with two attached hydrogens (primary N) is 1. The SMILES string of the molecule is CC(C)(C)OC(=O)N1CCCC(S(=O)(=O)c2ccc(-c3cnc(N)c(-c4nnc(-c5ccccc5)s4)n3)cc2)C1. The fraction of sp³-hybridized carbons (Fsp3) is 0.321. The largest absolute Gasteiger partial charge is 0.444 e. The van der Waals surface area contributed by atoms with Crippen molar-refractivity contribution in [2.75, 3.05) is 18.8 Å². The van der Waals surface area contributed by atoms with Gasteiger partial charge in [0.05, 0.1) is 22.0 Å². The number of nitrogen functional groups attached to an aromatic ring is 1. The van der Waals surface area contributed by atoms with Crippen molar-refractivity contribution >= 4 is 33.1 Å². The van der Waals surface area contributed by atoms with Crippen LogP contribution in [0.3, 0.4) is 0 Å². The van der Waals surface area contributed by atoms with E-state index in [0.29, 0.717) is 41.3 Å². The number of carbonyl (C=O) groups excluding carboxylic acids is 1. The van der Waals surface area contributed by atoms with Gasteiger partial charge in [-0.1, -0.05) is 53.8 Å². The number of nitrogens with zero attached hydrogens (tertiary/aromatic N) is 5. The number of hydrogen-bond acceptors (Lipinski definition) is 10. The molecule has 0 spiro atoms. The molecule has 208 valence electrons. The first kappa shape index (κ1) is 27.7. The normalized spacial score (nSPS) is 16.1. The van der Waals surface area contributed by atoms with Crippen molar-refractivity contribution in [1.29, 1.82) is 0 Å². The van der Waals surface area contributed by atoms with E-state index in [4.69, 9.17) is 10.5 Å². The minimum absolute atomic E-state index is 0.0958. The quantitative estimate of drug-likeness (QED) is 0.343. The second kappa shape index (κ2) is 10.9. The molecule has 4 aromatic rings. The number of ether oxygens (including phenoxy) is 1. The summed E-state index contributed by atoms with van der Waals surface area (Å²) in [5.41, 5.74) is 8.04. The van der Waals surface area contributed by atoms with E-state index < -0.39 is 26.8 Å². The molecule has 1 atom stereocenters. The standard InChI is InChI=1S/C28H30N6O4S2/c1-28(2,3)38-27(35)34-15-7-10-21(17-34)40(36,37)20-13-11-18(12-14-20)22-16-30-24(29)23(31-22)26-33-32-25(39-26)19-8-5-4-6-9-19/h4-6,8-9,11-14,16,21H,7,10,15,17H2,1-3H3,(H2,29,30). The van der Waals surface area contributed by atoms with Crippen LogP contribution in [0.15, 0.2) is 65.7 Å². The van der Waals surface area contributed by atoms with Crippen LogP contribution >= 0.6 is 11.3 Å². The highest BCUT2D eigenvalue weighted by Crippen LogP contribution is 2.33. The highest BCUT2D eigenvalue weighted by atomic mass is 32.2. The van der Waals surface area contributed by atoms with Gasteiger partial charge in [0.1, 0.15) is 16.3 Å². The highest BCUT2D eigenvalue weighted by Gasteiger charge is 2.35. The van der Waals surface area contributed by atoms with Crippen LogP contribution in [0, 0.1) is 0 Å². The predicted molar refractivity (Wildman–Crippen MR) is 154 cm³/mol. The molecule has 1 aliphatic rings. The summed E-state index contributed by atoms with van der Waals surface area (Å²) in [4.78, 5) is 23.2. The van der Waals surface area contributed by atoms with Gasteiger partial charge in [0.2, 0.25) is 0 Å². The monoisotopic (exact) mass is 578 g/mol. The molecular formula is C28H30N6O4S2. The van der Waals surface area contributed by atoms with Gasteiger partial charge in [-0.25, -0.2) is 23.2 Å². The number of carbonyl (C=O) groups is 1. The van der Waals surface area contributed by atoms with Crippen LogP contribution in [0.1, 0.15) is 33.6 Å². The lowest BCUT2D eigenvalue weighted by Crippen LogP contribution is -2.47. The van der Waals surface area contributed by atoms with E-state index in [0.717, 1.165) is 10.6 Å². The number of sulfone groups is 1. The van der Waals surface area contributed by atoms with Crippen LogP contribution < -0.4 is 5.73 Å². The molecular weight excluding hydrogens is 548 g/mol. The number of piperidine rings is 1. The Bertz CT molecular complexity index is 1620. The van der Waals surface area contributed by atoms with Gasteiger partial charge in [-0.3, -0.25) is 0 Å². The molecule has 40 heavy (non-hydrogen) atoms. The molecule has 2 aromatic carbocycles. The number of hydrogen-bond donors (Lipinski definition) is 1. The van der Waals surface area contributed by atoms with Crippen LogP contribution in [-0.4, -0.2) is 63.5 Å². The summed E-state index contributed by atoms with van der Waals surface area (Å²) in [6.45, 7) is 5.93. The summed E-state index contributed by atoms with van der Waals surface area (Å²) < 4.78 is 32.4. The van der Waals surface area contributed by atoms with Crippen molar-refractivity contribution in [2.45, 2.75) is 49.4 Å². The van der Waals surface area contributed by atoms with Crippen LogP contribution in [0.5, 0.6) is 0 Å². The van der Waals surface area contributed by atoms with Crippen molar-refractivity contribution in [3.63, 3.8) is 0 Å². The molecule has 1 unspecified atom stereocenters. The molecule has 2 aromatic heterocycles. The zero-order chi connectivity index (χ0) is 28.5. The summed E-state index contributed by atoms with van der Waals surface area (Å²) in [7, 11) is -3.67. The molecule has 1 fully saturated rings. The third-order valence-electron chi connectivity index (χ3n) is 6.40. The fourth-order valence-electron chi connectivity index (χ4n) is 4.40. The molecule has 0 saturated carbocycles. The highest BCUT2D eigenvalue weighted by molar-refractivity contribution is 7.92. The molecule has 2 N–H and O–H groups in total. The average Bonchev–Trinajstić information content (AvgIpc) is 3.43. The van der Waals surface area contributed by atoms with Crippen molar-refractivity contribution in [2.24, 2.45) is 0 Å². The van der Waals surface area contributed by atoms with Gasteiger partial charge in [0.25, 0.3) is 0 Å². The van der Waals surface area contributed by atoms with Crippen molar-refractivity contribution in [3.8, 4) is 32.5 Å². The number of anilines is 1. The van der Waals surface area contributed by atoms with Gasteiger partial charge < -0.3 is 15.4 Å². The lowest BCUT2D eigenvalue weighted by Gasteiger charge is -2.33. The van der Waals surface area contributed by atoms with Crippen molar-refractivity contribution < 1.29 is 17.9 Å². The molecule has 0 bridgehead atoms. The number of rotatable bonds is 5. The minimum Gasteiger partial charge on any atom is -0.444 e. The third-order valence-corrected chi connectivity index (χ3v) is 9.57. The zero-order valence-electron chi connectivity index (χ0n) is 22.4. The van der Waals surface area contributed by atoms with Gasteiger partial charge in [-0.05, 0) is 45.7 Å².